The Morgan fingerprint density at radius 3 is 2.48 bits per heavy atom. The smallest absolute Gasteiger partial charge is 0.308 e. The lowest BCUT2D eigenvalue weighted by Gasteiger charge is -2.10. The van der Waals surface area contributed by atoms with E-state index in [9.17, 15) is 14.4 Å². The van der Waals surface area contributed by atoms with Crippen LogP contribution in [-0.2, 0) is 14.3 Å². The van der Waals surface area contributed by atoms with Gasteiger partial charge in [-0.15, -0.1) is 11.8 Å². The van der Waals surface area contributed by atoms with Crippen molar-refractivity contribution in [1.82, 2.24) is 5.32 Å². The molecule has 6 nitrogen and oxygen atoms in total. The topological polar surface area (TPSA) is 84.5 Å². The fourth-order valence-corrected chi connectivity index (χ4v) is 2.81. The van der Waals surface area contributed by atoms with Gasteiger partial charge in [0.05, 0.1) is 12.1 Å². The highest BCUT2D eigenvalue weighted by molar-refractivity contribution is 7.98. The summed E-state index contributed by atoms with van der Waals surface area (Å²) < 4.78 is 4.93. The number of thioether (sulfide) groups is 1. The normalized spacial score (nSPS) is 10.1. The molecule has 2 amide bonds. The third kappa shape index (κ3) is 6.96. The Morgan fingerprint density at radius 1 is 1.07 bits per heavy atom. The molecule has 0 unspecified atom stereocenters. The Hall–Kier alpha value is -2.51. The molecular weight excluding hydrogens is 388 g/mol. The van der Waals surface area contributed by atoms with Crippen molar-refractivity contribution in [2.24, 2.45) is 0 Å². The highest BCUT2D eigenvalue weighted by atomic mass is 35.5. The van der Waals surface area contributed by atoms with E-state index in [0.29, 0.717) is 16.3 Å². The lowest BCUT2D eigenvalue weighted by molar-refractivity contribution is -0.147. The third-order valence-corrected chi connectivity index (χ3v) is 4.51. The summed E-state index contributed by atoms with van der Waals surface area (Å²) in [5.41, 5.74) is 1.11. The molecule has 0 atom stereocenters. The number of carbonyl (C=O) groups excluding carboxylic acids is 3. The van der Waals surface area contributed by atoms with Gasteiger partial charge >= 0.3 is 5.97 Å². The highest BCUT2D eigenvalue weighted by Gasteiger charge is 2.11. The van der Waals surface area contributed by atoms with Crippen LogP contribution in [0.2, 0.25) is 5.02 Å². The molecule has 0 fully saturated rings. The Labute approximate surface area is 166 Å². The molecule has 0 saturated heterocycles. The van der Waals surface area contributed by atoms with Crippen LogP contribution < -0.4 is 10.6 Å². The fraction of sp³-hybridized carbons (Fsp3) is 0.211. The monoisotopic (exact) mass is 406 g/mol. The number of esters is 1. The van der Waals surface area contributed by atoms with Crippen molar-refractivity contribution >= 4 is 46.8 Å². The minimum Gasteiger partial charge on any atom is -0.456 e. The standard InChI is InChI=1S/C19H19ClN2O4S/c1-27-16-5-3-2-4-15(16)22-17(23)12-26-18(24)10-11-21-19(25)13-6-8-14(20)9-7-13/h2-9H,10-12H2,1H3,(H,21,25)(H,22,23). The van der Waals surface area contributed by atoms with Gasteiger partial charge in [0.15, 0.2) is 6.61 Å². The lowest BCUT2D eigenvalue weighted by Crippen LogP contribution is -2.27. The van der Waals surface area contributed by atoms with E-state index in [1.165, 1.54) is 11.8 Å². The van der Waals surface area contributed by atoms with Crippen molar-refractivity contribution in [3.63, 3.8) is 0 Å². The van der Waals surface area contributed by atoms with E-state index >= 15 is 0 Å². The second kappa shape index (κ2) is 10.6. The van der Waals surface area contributed by atoms with Crippen LogP contribution in [0.3, 0.4) is 0 Å². The molecule has 0 aromatic heterocycles. The maximum atomic E-state index is 11.9. The predicted molar refractivity (Wildman–Crippen MR) is 106 cm³/mol. The number of nitrogens with one attached hydrogen (secondary N) is 2. The van der Waals surface area contributed by atoms with Gasteiger partial charge in [0.2, 0.25) is 0 Å². The summed E-state index contributed by atoms with van der Waals surface area (Å²) >= 11 is 7.27. The van der Waals surface area contributed by atoms with Crippen LogP contribution in [-0.4, -0.2) is 37.2 Å². The zero-order valence-electron chi connectivity index (χ0n) is 14.7. The first kappa shape index (κ1) is 20.8. The Bertz CT molecular complexity index is 812. The van der Waals surface area contributed by atoms with Crippen LogP contribution >= 0.6 is 23.4 Å². The van der Waals surface area contributed by atoms with Gasteiger partial charge in [0.1, 0.15) is 0 Å². The summed E-state index contributed by atoms with van der Waals surface area (Å²) in [7, 11) is 0. The van der Waals surface area contributed by atoms with Crippen LogP contribution in [0.15, 0.2) is 53.4 Å². The van der Waals surface area contributed by atoms with Gasteiger partial charge in [0.25, 0.3) is 11.8 Å². The quantitative estimate of drug-likeness (QED) is 0.518. The van der Waals surface area contributed by atoms with Gasteiger partial charge in [-0.1, -0.05) is 23.7 Å². The van der Waals surface area contributed by atoms with E-state index in [1.54, 1.807) is 30.3 Å². The number of para-hydroxylation sites is 1. The molecule has 8 heteroatoms. The van der Waals surface area contributed by atoms with Crippen molar-refractivity contribution in [3.05, 3.63) is 59.1 Å². The van der Waals surface area contributed by atoms with Gasteiger partial charge in [-0.25, -0.2) is 0 Å². The minimum atomic E-state index is -0.570. The van der Waals surface area contributed by atoms with E-state index in [2.05, 4.69) is 10.6 Å². The number of amides is 2. The van der Waals surface area contributed by atoms with Gasteiger partial charge in [0, 0.05) is 22.0 Å². The molecule has 0 aliphatic rings. The molecule has 0 aliphatic heterocycles. The molecule has 0 radical (unpaired) electrons. The van der Waals surface area contributed by atoms with Crippen LogP contribution in [0.1, 0.15) is 16.8 Å². The molecule has 142 valence electrons. The molecule has 0 spiro atoms. The molecular formula is C19H19ClN2O4S. The number of rotatable bonds is 8. The Kier molecular flexibility index (Phi) is 8.16. The van der Waals surface area contributed by atoms with Crippen molar-refractivity contribution < 1.29 is 19.1 Å². The number of carbonyl (C=O) groups is 3. The van der Waals surface area contributed by atoms with E-state index < -0.39 is 11.9 Å². The van der Waals surface area contributed by atoms with Crippen LogP contribution in [0, 0.1) is 0 Å². The van der Waals surface area contributed by atoms with Gasteiger partial charge in [-0.2, -0.15) is 0 Å². The number of benzene rings is 2. The average Bonchev–Trinajstić information content (AvgIpc) is 2.67. The van der Waals surface area contributed by atoms with Gasteiger partial charge in [-0.3, -0.25) is 14.4 Å². The van der Waals surface area contributed by atoms with Gasteiger partial charge in [-0.05, 0) is 42.7 Å². The van der Waals surface area contributed by atoms with Crippen molar-refractivity contribution in [1.29, 1.82) is 0 Å². The first-order chi connectivity index (χ1) is 13.0. The summed E-state index contributed by atoms with van der Waals surface area (Å²) in [6.07, 6.45) is 1.87. The van der Waals surface area contributed by atoms with Crippen LogP contribution in [0.5, 0.6) is 0 Å². The van der Waals surface area contributed by atoms with Crippen LogP contribution in [0.4, 0.5) is 5.69 Å². The third-order valence-electron chi connectivity index (χ3n) is 3.47. The molecule has 0 heterocycles. The number of anilines is 1. The highest BCUT2D eigenvalue weighted by Crippen LogP contribution is 2.24. The first-order valence-corrected chi connectivity index (χ1v) is 9.72. The maximum Gasteiger partial charge on any atom is 0.308 e. The fourth-order valence-electron chi connectivity index (χ4n) is 2.13. The summed E-state index contributed by atoms with van der Waals surface area (Å²) in [5.74, 6) is -1.30. The van der Waals surface area contributed by atoms with Crippen molar-refractivity contribution in [2.75, 3.05) is 24.7 Å². The zero-order chi connectivity index (χ0) is 19.6. The summed E-state index contributed by atoms with van der Waals surface area (Å²) in [5, 5.41) is 5.84. The molecule has 27 heavy (non-hydrogen) atoms. The molecule has 2 N–H and O–H groups in total. The Balaban J connectivity index is 1.69. The second-order valence-corrected chi connectivity index (χ2v) is 6.71. The number of halogens is 1. The summed E-state index contributed by atoms with van der Waals surface area (Å²) in [6.45, 7) is -0.274. The average molecular weight is 407 g/mol. The number of hydrogen-bond donors (Lipinski definition) is 2. The predicted octanol–water partition coefficient (Wildman–Crippen LogP) is 3.36. The molecule has 2 aromatic carbocycles. The largest absolute Gasteiger partial charge is 0.456 e. The van der Waals surface area contributed by atoms with Crippen molar-refractivity contribution in [3.8, 4) is 0 Å². The maximum absolute atomic E-state index is 11.9. The van der Waals surface area contributed by atoms with Crippen molar-refractivity contribution in [2.45, 2.75) is 11.3 Å². The molecule has 0 aliphatic carbocycles. The number of hydrogen-bond acceptors (Lipinski definition) is 5. The Morgan fingerprint density at radius 2 is 1.78 bits per heavy atom. The molecule has 0 bridgehead atoms. The SMILES string of the molecule is CSc1ccccc1NC(=O)COC(=O)CCNC(=O)c1ccc(Cl)cc1. The van der Waals surface area contributed by atoms with E-state index in [-0.39, 0.29) is 25.5 Å². The number of ether oxygens (including phenoxy) is 1. The molecule has 2 rings (SSSR count). The van der Waals surface area contributed by atoms with E-state index in [4.69, 9.17) is 16.3 Å². The van der Waals surface area contributed by atoms with Gasteiger partial charge < -0.3 is 15.4 Å². The van der Waals surface area contributed by atoms with Crippen LogP contribution in [0.25, 0.3) is 0 Å². The van der Waals surface area contributed by atoms with E-state index in [0.717, 1.165) is 4.90 Å². The zero-order valence-corrected chi connectivity index (χ0v) is 16.2. The second-order valence-electron chi connectivity index (χ2n) is 5.42. The molecule has 2 aromatic rings. The summed E-state index contributed by atoms with van der Waals surface area (Å²) in [6, 6.07) is 13.7. The lowest BCUT2D eigenvalue weighted by atomic mass is 10.2. The van der Waals surface area contributed by atoms with E-state index in [1.807, 2.05) is 24.5 Å². The summed E-state index contributed by atoms with van der Waals surface area (Å²) in [4.78, 5) is 36.4. The molecule has 0 saturated carbocycles. The minimum absolute atomic E-state index is 0.0337. The first-order valence-electron chi connectivity index (χ1n) is 8.12.